The Morgan fingerprint density at radius 1 is 1.12 bits per heavy atom. The quantitative estimate of drug-likeness (QED) is 0.685. The van der Waals surface area contributed by atoms with Crippen LogP contribution in [-0.4, -0.2) is 45.8 Å². The van der Waals surface area contributed by atoms with E-state index in [0.29, 0.717) is 24.6 Å². The fourth-order valence-corrected chi connectivity index (χ4v) is 2.87. The molecule has 0 radical (unpaired) electrons. The number of rotatable bonds is 1. The van der Waals surface area contributed by atoms with Crippen molar-refractivity contribution in [3.05, 3.63) is 29.8 Å². The molecule has 0 aliphatic carbocycles. The summed E-state index contributed by atoms with van der Waals surface area (Å²) in [6.07, 6.45) is -3.44. The van der Waals surface area contributed by atoms with Crippen molar-refractivity contribution in [1.29, 1.82) is 0 Å². The largest absolute Gasteiger partial charge is 0.419 e. The summed E-state index contributed by atoms with van der Waals surface area (Å²) in [6.45, 7) is 2.76. The Bertz CT molecular complexity index is 913. The smallest absolute Gasteiger partial charge is 0.351 e. The number of halogens is 4. The summed E-state index contributed by atoms with van der Waals surface area (Å²) >= 11 is 0. The topological polar surface area (TPSA) is 58.4 Å². The number of alkyl halides is 3. The molecule has 10 heteroatoms. The Morgan fingerprint density at radius 2 is 1.88 bits per heavy atom. The zero-order chi connectivity index (χ0) is 16.9. The average molecular weight is 340 g/mol. The van der Waals surface area contributed by atoms with Crippen LogP contribution in [0.15, 0.2) is 18.5 Å². The van der Waals surface area contributed by atoms with Gasteiger partial charge in [0.2, 0.25) is 5.65 Å². The molecule has 1 aliphatic heterocycles. The van der Waals surface area contributed by atoms with Crippen LogP contribution in [0, 0.1) is 5.82 Å². The molecule has 1 N–H and O–H groups in total. The van der Waals surface area contributed by atoms with E-state index in [0.717, 1.165) is 25.2 Å². The number of aromatic nitrogens is 4. The summed E-state index contributed by atoms with van der Waals surface area (Å²) in [5, 5.41) is 11.0. The van der Waals surface area contributed by atoms with E-state index in [1.54, 1.807) is 0 Å². The maximum atomic E-state index is 13.9. The number of nitrogens with zero attached hydrogens (tertiary/aromatic N) is 5. The van der Waals surface area contributed by atoms with Gasteiger partial charge in [0, 0.05) is 32.2 Å². The first kappa shape index (κ1) is 15.1. The van der Waals surface area contributed by atoms with Gasteiger partial charge in [-0.1, -0.05) is 0 Å². The van der Waals surface area contributed by atoms with E-state index in [9.17, 15) is 17.6 Å². The first-order valence-corrected chi connectivity index (χ1v) is 7.31. The predicted octanol–water partition coefficient (Wildman–Crippen LogP) is 1.84. The Kier molecular flexibility index (Phi) is 3.30. The van der Waals surface area contributed by atoms with Gasteiger partial charge in [0.1, 0.15) is 12.1 Å². The second kappa shape index (κ2) is 5.26. The van der Waals surface area contributed by atoms with Crippen LogP contribution in [0.1, 0.15) is 5.56 Å². The highest BCUT2D eigenvalue weighted by Gasteiger charge is 2.35. The highest BCUT2D eigenvalue weighted by atomic mass is 19.4. The van der Waals surface area contributed by atoms with Crippen LogP contribution < -0.4 is 10.2 Å². The summed E-state index contributed by atoms with van der Waals surface area (Å²) in [5.74, 6) is -0.900. The lowest BCUT2D eigenvalue weighted by molar-refractivity contribution is -0.139. The average Bonchev–Trinajstić information content (AvgIpc) is 3.03. The number of hydrogen-bond donors (Lipinski definition) is 1. The maximum absolute atomic E-state index is 13.9. The number of fused-ring (bicyclic) bond motifs is 3. The SMILES string of the molecule is Fc1cc2c(cc1C(F)(F)F)nc(N1CCNCC1)c1nncn12. The molecule has 1 saturated heterocycles. The fraction of sp³-hybridized carbons (Fsp3) is 0.357. The molecule has 0 saturated carbocycles. The second-order valence-electron chi connectivity index (χ2n) is 5.52. The molecule has 0 spiro atoms. The molecule has 0 atom stereocenters. The minimum atomic E-state index is -4.78. The third-order valence-electron chi connectivity index (χ3n) is 4.02. The first-order chi connectivity index (χ1) is 11.4. The van der Waals surface area contributed by atoms with Crippen LogP contribution in [-0.2, 0) is 6.18 Å². The van der Waals surface area contributed by atoms with Crippen LogP contribution in [0.5, 0.6) is 0 Å². The third kappa shape index (κ3) is 2.33. The van der Waals surface area contributed by atoms with E-state index < -0.39 is 17.6 Å². The summed E-state index contributed by atoms with van der Waals surface area (Å²) in [5.41, 5.74) is -0.700. The van der Waals surface area contributed by atoms with Gasteiger partial charge < -0.3 is 10.2 Å². The lowest BCUT2D eigenvalue weighted by Crippen LogP contribution is -2.44. The zero-order valence-electron chi connectivity index (χ0n) is 12.3. The highest BCUT2D eigenvalue weighted by Crippen LogP contribution is 2.34. The van der Waals surface area contributed by atoms with Gasteiger partial charge in [0.15, 0.2) is 5.82 Å². The van der Waals surface area contributed by atoms with Crippen molar-refractivity contribution in [2.24, 2.45) is 0 Å². The Labute approximate surface area is 133 Å². The number of piperazine rings is 1. The van der Waals surface area contributed by atoms with E-state index >= 15 is 0 Å². The first-order valence-electron chi connectivity index (χ1n) is 7.31. The van der Waals surface area contributed by atoms with Gasteiger partial charge in [-0.2, -0.15) is 13.2 Å². The Hall–Kier alpha value is -2.49. The Balaban J connectivity index is 1.99. The number of nitrogens with one attached hydrogen (secondary N) is 1. The van der Waals surface area contributed by atoms with E-state index in [1.807, 2.05) is 4.90 Å². The van der Waals surface area contributed by atoms with Crippen molar-refractivity contribution < 1.29 is 17.6 Å². The molecule has 1 aromatic carbocycles. The number of hydrogen-bond acceptors (Lipinski definition) is 5. The molecule has 0 unspecified atom stereocenters. The van der Waals surface area contributed by atoms with Crippen LogP contribution in [0.25, 0.3) is 16.7 Å². The van der Waals surface area contributed by atoms with Crippen molar-refractivity contribution >= 4 is 22.5 Å². The van der Waals surface area contributed by atoms with Crippen molar-refractivity contribution in [1.82, 2.24) is 24.9 Å². The van der Waals surface area contributed by atoms with Gasteiger partial charge in [-0.3, -0.25) is 4.40 Å². The molecular weight excluding hydrogens is 328 g/mol. The molecule has 24 heavy (non-hydrogen) atoms. The molecule has 6 nitrogen and oxygen atoms in total. The van der Waals surface area contributed by atoms with E-state index in [4.69, 9.17) is 0 Å². The molecule has 1 aliphatic rings. The van der Waals surface area contributed by atoms with Crippen LogP contribution in [0.4, 0.5) is 23.4 Å². The Morgan fingerprint density at radius 3 is 2.58 bits per heavy atom. The standard InChI is InChI=1S/C14H12F4N6/c15-9-6-11-10(5-8(9)14(16,17)18)21-12(13-22-20-7-24(11)13)23-3-1-19-2-4-23/h5-7,19H,1-4H2. The third-order valence-corrected chi connectivity index (χ3v) is 4.02. The number of benzene rings is 1. The molecular formula is C14H12F4N6. The van der Waals surface area contributed by atoms with Crippen molar-refractivity contribution in [2.45, 2.75) is 6.18 Å². The molecule has 4 rings (SSSR count). The van der Waals surface area contributed by atoms with E-state index in [2.05, 4.69) is 20.5 Å². The minimum absolute atomic E-state index is 0.0459. The van der Waals surface area contributed by atoms with Gasteiger partial charge >= 0.3 is 6.18 Å². The summed E-state index contributed by atoms with van der Waals surface area (Å²) in [4.78, 5) is 6.25. The van der Waals surface area contributed by atoms with Crippen LogP contribution in [0.3, 0.4) is 0 Å². The maximum Gasteiger partial charge on any atom is 0.419 e. The number of anilines is 1. The fourth-order valence-electron chi connectivity index (χ4n) is 2.87. The minimum Gasteiger partial charge on any atom is -0.351 e. The van der Waals surface area contributed by atoms with Crippen LogP contribution in [0.2, 0.25) is 0 Å². The van der Waals surface area contributed by atoms with E-state index in [-0.39, 0.29) is 11.0 Å². The lowest BCUT2D eigenvalue weighted by Gasteiger charge is -2.28. The van der Waals surface area contributed by atoms with Gasteiger partial charge in [-0.25, -0.2) is 9.37 Å². The summed E-state index contributed by atoms with van der Waals surface area (Å²) in [7, 11) is 0. The molecule has 3 heterocycles. The molecule has 2 aromatic heterocycles. The molecule has 0 amide bonds. The van der Waals surface area contributed by atoms with Crippen LogP contribution >= 0.6 is 0 Å². The highest BCUT2D eigenvalue weighted by molar-refractivity contribution is 5.83. The van der Waals surface area contributed by atoms with Crippen molar-refractivity contribution in [3.8, 4) is 0 Å². The van der Waals surface area contributed by atoms with Gasteiger partial charge in [-0.05, 0) is 6.07 Å². The van der Waals surface area contributed by atoms with Crippen molar-refractivity contribution in [3.63, 3.8) is 0 Å². The monoisotopic (exact) mass is 340 g/mol. The van der Waals surface area contributed by atoms with Gasteiger partial charge in [-0.15, -0.1) is 10.2 Å². The molecule has 126 valence electrons. The molecule has 1 fully saturated rings. The summed E-state index contributed by atoms with van der Waals surface area (Å²) in [6, 6.07) is 1.55. The van der Waals surface area contributed by atoms with E-state index in [1.165, 1.54) is 10.7 Å². The summed E-state index contributed by atoms with van der Waals surface area (Å²) < 4.78 is 54.2. The normalized spacial score (nSPS) is 16.2. The van der Waals surface area contributed by atoms with Gasteiger partial charge in [0.05, 0.1) is 16.6 Å². The second-order valence-corrected chi connectivity index (χ2v) is 5.52. The van der Waals surface area contributed by atoms with Gasteiger partial charge in [0.25, 0.3) is 0 Å². The molecule has 0 bridgehead atoms. The predicted molar refractivity (Wildman–Crippen MR) is 78.3 cm³/mol. The van der Waals surface area contributed by atoms with Crippen molar-refractivity contribution in [2.75, 3.05) is 31.1 Å². The lowest BCUT2D eigenvalue weighted by atomic mass is 10.1. The zero-order valence-corrected chi connectivity index (χ0v) is 12.3. The molecule has 3 aromatic rings.